The summed E-state index contributed by atoms with van der Waals surface area (Å²) in [5.41, 5.74) is 2.42. The van der Waals surface area contributed by atoms with Gasteiger partial charge in [-0.25, -0.2) is 4.98 Å². The summed E-state index contributed by atoms with van der Waals surface area (Å²) in [5, 5.41) is 0. The molecule has 0 amide bonds. The van der Waals surface area contributed by atoms with E-state index < -0.39 is 0 Å². The van der Waals surface area contributed by atoms with Crippen molar-refractivity contribution >= 4 is 0 Å². The molecule has 4 heteroatoms. The van der Waals surface area contributed by atoms with Crippen LogP contribution in [0.2, 0.25) is 0 Å². The molecule has 4 rings (SSSR count). The Kier molecular flexibility index (Phi) is 4.65. The minimum Gasteiger partial charge on any atom is -0.328 e. The van der Waals surface area contributed by atoms with Crippen molar-refractivity contribution in [3.8, 4) is 11.4 Å². The Bertz CT molecular complexity index is 652. The molecule has 2 fully saturated rings. The van der Waals surface area contributed by atoms with E-state index in [0.717, 1.165) is 29.8 Å². The van der Waals surface area contributed by atoms with Gasteiger partial charge >= 0.3 is 0 Å². The Hall–Kier alpha value is -1.68. The van der Waals surface area contributed by atoms with Crippen LogP contribution in [0.1, 0.15) is 37.8 Å². The van der Waals surface area contributed by atoms with Gasteiger partial charge in [0, 0.05) is 61.9 Å². The van der Waals surface area contributed by atoms with Crippen molar-refractivity contribution in [1.82, 2.24) is 19.4 Å². The second-order valence-corrected chi connectivity index (χ2v) is 7.66. The van der Waals surface area contributed by atoms with Crippen LogP contribution in [0.5, 0.6) is 0 Å². The molecule has 0 bridgehead atoms. The maximum Gasteiger partial charge on any atom is 0.140 e. The molecule has 0 atom stereocenters. The minimum absolute atomic E-state index is 0.766. The Balaban J connectivity index is 1.35. The molecule has 1 saturated carbocycles. The second kappa shape index (κ2) is 7.06. The maximum absolute atomic E-state index is 4.63. The first-order chi connectivity index (χ1) is 11.8. The zero-order chi connectivity index (χ0) is 16.4. The smallest absolute Gasteiger partial charge is 0.140 e. The molecule has 0 N–H and O–H groups in total. The monoisotopic (exact) mass is 324 g/mol. The van der Waals surface area contributed by atoms with Gasteiger partial charge in [-0.2, -0.15) is 0 Å². The van der Waals surface area contributed by atoms with Crippen LogP contribution < -0.4 is 0 Å². The molecule has 4 nitrogen and oxygen atoms in total. The molecular weight excluding hydrogens is 296 g/mol. The standard InChI is InChI=1S/C20H28N4/c1-16-11-22-20(19-7-9-21-10-8-19)24(16)15-18-13-23(14-18)12-17-5-3-2-4-6-17/h7-11,17-18H,2-6,12-15H2,1H3. The van der Waals surface area contributed by atoms with E-state index in [4.69, 9.17) is 0 Å². The Morgan fingerprint density at radius 3 is 2.50 bits per heavy atom. The predicted octanol–water partition coefficient (Wildman–Crippen LogP) is 3.77. The van der Waals surface area contributed by atoms with Gasteiger partial charge in [-0.3, -0.25) is 4.98 Å². The molecule has 1 aliphatic carbocycles. The van der Waals surface area contributed by atoms with E-state index >= 15 is 0 Å². The van der Waals surface area contributed by atoms with Crippen molar-refractivity contribution < 1.29 is 0 Å². The van der Waals surface area contributed by atoms with E-state index in [2.05, 4.69) is 38.5 Å². The van der Waals surface area contributed by atoms with Gasteiger partial charge in [0.1, 0.15) is 5.82 Å². The fourth-order valence-electron chi connectivity index (χ4n) is 4.36. The van der Waals surface area contributed by atoms with E-state index in [0.29, 0.717) is 0 Å². The fraction of sp³-hybridized carbons (Fsp3) is 0.600. The van der Waals surface area contributed by atoms with Crippen LogP contribution in [0.25, 0.3) is 11.4 Å². The summed E-state index contributed by atoms with van der Waals surface area (Å²) in [7, 11) is 0. The molecule has 2 aromatic heterocycles. The third kappa shape index (κ3) is 3.39. The highest BCUT2D eigenvalue weighted by atomic mass is 15.2. The molecule has 0 radical (unpaired) electrons. The number of aryl methyl sites for hydroxylation is 1. The van der Waals surface area contributed by atoms with E-state index in [1.54, 1.807) is 0 Å². The first-order valence-electron chi connectivity index (χ1n) is 9.44. The summed E-state index contributed by atoms with van der Waals surface area (Å²) in [6.07, 6.45) is 12.9. The summed E-state index contributed by atoms with van der Waals surface area (Å²) >= 11 is 0. The Labute approximate surface area is 144 Å². The van der Waals surface area contributed by atoms with Crippen LogP contribution in [0.4, 0.5) is 0 Å². The molecule has 2 aliphatic rings. The largest absolute Gasteiger partial charge is 0.328 e. The fourth-order valence-corrected chi connectivity index (χ4v) is 4.36. The van der Waals surface area contributed by atoms with Crippen LogP contribution in [0, 0.1) is 18.8 Å². The second-order valence-electron chi connectivity index (χ2n) is 7.66. The third-order valence-electron chi connectivity index (χ3n) is 5.71. The third-order valence-corrected chi connectivity index (χ3v) is 5.71. The summed E-state index contributed by atoms with van der Waals surface area (Å²) in [5.74, 6) is 2.81. The topological polar surface area (TPSA) is 34.0 Å². The molecule has 1 saturated heterocycles. The average Bonchev–Trinajstić information content (AvgIpc) is 2.95. The number of hydrogen-bond donors (Lipinski definition) is 0. The summed E-state index contributed by atoms with van der Waals surface area (Å²) in [6, 6.07) is 4.10. The first kappa shape index (κ1) is 15.8. The highest BCUT2D eigenvalue weighted by Gasteiger charge is 2.30. The lowest BCUT2D eigenvalue weighted by Gasteiger charge is -2.42. The normalized spacial score (nSPS) is 20.2. The van der Waals surface area contributed by atoms with Gasteiger partial charge in [-0.05, 0) is 37.8 Å². The van der Waals surface area contributed by atoms with Crippen molar-refractivity contribution in [3.05, 3.63) is 36.4 Å². The Morgan fingerprint density at radius 1 is 1.00 bits per heavy atom. The van der Waals surface area contributed by atoms with Gasteiger partial charge in [0.25, 0.3) is 0 Å². The number of aromatic nitrogens is 3. The number of imidazole rings is 1. The lowest BCUT2D eigenvalue weighted by atomic mass is 9.87. The van der Waals surface area contributed by atoms with Crippen LogP contribution in [0.3, 0.4) is 0 Å². The summed E-state index contributed by atoms with van der Waals surface area (Å²) in [4.78, 5) is 11.4. The first-order valence-corrected chi connectivity index (χ1v) is 9.44. The van der Waals surface area contributed by atoms with E-state index in [-0.39, 0.29) is 0 Å². The predicted molar refractivity (Wildman–Crippen MR) is 96.7 cm³/mol. The molecule has 24 heavy (non-hydrogen) atoms. The molecule has 0 spiro atoms. The molecule has 1 aliphatic heterocycles. The number of hydrogen-bond acceptors (Lipinski definition) is 3. The van der Waals surface area contributed by atoms with Crippen molar-refractivity contribution in [1.29, 1.82) is 0 Å². The van der Waals surface area contributed by atoms with Gasteiger partial charge in [-0.1, -0.05) is 19.3 Å². The van der Waals surface area contributed by atoms with E-state index in [9.17, 15) is 0 Å². The van der Waals surface area contributed by atoms with Crippen molar-refractivity contribution in [2.45, 2.75) is 45.6 Å². The van der Waals surface area contributed by atoms with Gasteiger partial charge < -0.3 is 9.47 Å². The summed E-state index contributed by atoms with van der Waals surface area (Å²) in [6.45, 7) is 7.09. The van der Waals surface area contributed by atoms with E-state index in [1.807, 2.05) is 18.6 Å². The zero-order valence-corrected chi connectivity index (χ0v) is 14.7. The Morgan fingerprint density at radius 2 is 1.75 bits per heavy atom. The zero-order valence-electron chi connectivity index (χ0n) is 14.7. The lowest BCUT2D eigenvalue weighted by Crippen LogP contribution is -2.50. The average molecular weight is 324 g/mol. The van der Waals surface area contributed by atoms with Crippen LogP contribution in [-0.4, -0.2) is 39.1 Å². The summed E-state index contributed by atoms with van der Waals surface area (Å²) < 4.78 is 2.39. The maximum atomic E-state index is 4.63. The SMILES string of the molecule is Cc1cnc(-c2ccncc2)n1CC1CN(CC2CCCCC2)C1. The van der Waals surface area contributed by atoms with Gasteiger partial charge in [0.2, 0.25) is 0 Å². The van der Waals surface area contributed by atoms with Crippen molar-refractivity contribution in [3.63, 3.8) is 0 Å². The minimum atomic E-state index is 0.766. The number of likely N-dealkylation sites (tertiary alicyclic amines) is 1. The molecule has 128 valence electrons. The van der Waals surface area contributed by atoms with Crippen LogP contribution >= 0.6 is 0 Å². The number of pyridine rings is 1. The quantitative estimate of drug-likeness (QED) is 0.839. The van der Waals surface area contributed by atoms with E-state index in [1.165, 1.54) is 57.4 Å². The van der Waals surface area contributed by atoms with Crippen LogP contribution in [-0.2, 0) is 6.54 Å². The molecule has 3 heterocycles. The molecular formula is C20H28N4. The lowest BCUT2D eigenvalue weighted by molar-refractivity contribution is 0.0633. The highest BCUT2D eigenvalue weighted by molar-refractivity contribution is 5.55. The van der Waals surface area contributed by atoms with Crippen molar-refractivity contribution in [2.24, 2.45) is 11.8 Å². The molecule has 0 aromatic carbocycles. The number of nitrogens with zero attached hydrogens (tertiary/aromatic N) is 4. The number of rotatable bonds is 5. The van der Waals surface area contributed by atoms with Crippen LogP contribution in [0.15, 0.2) is 30.7 Å². The van der Waals surface area contributed by atoms with Gasteiger partial charge in [0.15, 0.2) is 0 Å². The molecule has 2 aromatic rings. The van der Waals surface area contributed by atoms with Gasteiger partial charge in [0.05, 0.1) is 0 Å². The highest BCUT2D eigenvalue weighted by Crippen LogP contribution is 2.28. The van der Waals surface area contributed by atoms with Crippen molar-refractivity contribution in [2.75, 3.05) is 19.6 Å². The molecule has 0 unspecified atom stereocenters. The van der Waals surface area contributed by atoms with Gasteiger partial charge in [-0.15, -0.1) is 0 Å².